The normalized spacial score (nSPS) is 15.2. The van der Waals surface area contributed by atoms with Gasteiger partial charge in [0, 0.05) is 5.56 Å². The van der Waals surface area contributed by atoms with Gasteiger partial charge in [0.2, 0.25) is 5.91 Å². The van der Waals surface area contributed by atoms with Crippen molar-refractivity contribution >= 4 is 17.8 Å². The van der Waals surface area contributed by atoms with E-state index in [9.17, 15) is 27.6 Å². The summed E-state index contributed by atoms with van der Waals surface area (Å²) in [5.74, 6) is -0.836. The van der Waals surface area contributed by atoms with E-state index < -0.39 is 29.7 Å². The van der Waals surface area contributed by atoms with Crippen LogP contribution in [0.15, 0.2) is 48.5 Å². The van der Waals surface area contributed by atoms with Crippen LogP contribution in [0.25, 0.3) is 0 Å². The fraction of sp³-hybridized carbons (Fsp3) is 0.250. The van der Waals surface area contributed by atoms with Crippen LogP contribution in [-0.2, 0) is 17.5 Å². The molecule has 29 heavy (non-hydrogen) atoms. The van der Waals surface area contributed by atoms with Gasteiger partial charge in [-0.3, -0.25) is 14.5 Å². The molecule has 2 aromatic carbocycles. The van der Waals surface area contributed by atoms with Gasteiger partial charge >= 0.3 is 12.2 Å². The first-order valence-electron chi connectivity index (χ1n) is 8.80. The second-order valence-electron chi connectivity index (χ2n) is 6.66. The van der Waals surface area contributed by atoms with Gasteiger partial charge in [-0.2, -0.15) is 13.2 Å². The number of urea groups is 1. The van der Waals surface area contributed by atoms with Crippen molar-refractivity contribution in [1.82, 2.24) is 15.5 Å². The Morgan fingerprint density at radius 1 is 1.17 bits per heavy atom. The Bertz CT molecular complexity index is 943. The summed E-state index contributed by atoms with van der Waals surface area (Å²) in [4.78, 5) is 36.9. The average Bonchev–Trinajstić information content (AvgIpc) is 2.99. The van der Waals surface area contributed by atoms with Crippen molar-refractivity contribution in [1.29, 1.82) is 0 Å². The molecule has 0 saturated carbocycles. The van der Waals surface area contributed by atoms with Crippen LogP contribution in [0.1, 0.15) is 40.0 Å². The van der Waals surface area contributed by atoms with Crippen molar-refractivity contribution in [2.24, 2.45) is 0 Å². The number of amides is 4. The summed E-state index contributed by atoms with van der Waals surface area (Å²) in [6.07, 6.45) is -4.46. The van der Waals surface area contributed by atoms with Crippen molar-refractivity contribution in [3.63, 3.8) is 0 Å². The molecule has 0 spiro atoms. The molecule has 1 aliphatic heterocycles. The van der Waals surface area contributed by atoms with E-state index in [0.717, 1.165) is 17.0 Å². The third kappa shape index (κ3) is 4.74. The summed E-state index contributed by atoms with van der Waals surface area (Å²) in [6.45, 7) is 1.55. The van der Waals surface area contributed by atoms with Gasteiger partial charge in [0.15, 0.2) is 0 Å². The average molecular weight is 405 g/mol. The summed E-state index contributed by atoms with van der Waals surface area (Å²) in [5.41, 5.74) is 0.387. The van der Waals surface area contributed by atoms with Crippen molar-refractivity contribution in [2.45, 2.75) is 25.7 Å². The van der Waals surface area contributed by atoms with E-state index in [1.165, 1.54) is 18.2 Å². The van der Waals surface area contributed by atoms with E-state index in [2.05, 4.69) is 10.6 Å². The quantitative estimate of drug-likeness (QED) is 0.750. The lowest BCUT2D eigenvalue weighted by Gasteiger charge is -2.17. The minimum absolute atomic E-state index is 0.0228. The molecule has 3 rings (SSSR count). The number of imide groups is 1. The van der Waals surface area contributed by atoms with Gasteiger partial charge in [-0.15, -0.1) is 0 Å². The first-order valence-corrected chi connectivity index (χ1v) is 8.80. The zero-order valence-corrected chi connectivity index (χ0v) is 15.4. The van der Waals surface area contributed by atoms with E-state index in [4.69, 9.17) is 0 Å². The number of hydrogen-bond donors (Lipinski definition) is 2. The van der Waals surface area contributed by atoms with Gasteiger partial charge in [0.05, 0.1) is 24.7 Å². The smallest absolute Gasteiger partial charge is 0.346 e. The number of carbonyl (C=O) groups excluding carboxylic acids is 3. The number of nitrogens with one attached hydrogen (secondary N) is 2. The van der Waals surface area contributed by atoms with Gasteiger partial charge in [-0.25, -0.2) is 4.79 Å². The molecule has 0 aromatic heterocycles. The minimum Gasteiger partial charge on any atom is -0.346 e. The summed E-state index contributed by atoms with van der Waals surface area (Å²) < 4.78 is 38.6. The zero-order valence-electron chi connectivity index (χ0n) is 15.4. The topological polar surface area (TPSA) is 78.5 Å². The van der Waals surface area contributed by atoms with Crippen LogP contribution in [0.5, 0.6) is 0 Å². The number of rotatable bonds is 5. The number of alkyl halides is 3. The fourth-order valence-corrected chi connectivity index (χ4v) is 2.96. The molecule has 0 aliphatic carbocycles. The Kier molecular flexibility index (Phi) is 5.58. The highest BCUT2D eigenvalue weighted by atomic mass is 19.4. The first kappa shape index (κ1) is 20.4. The van der Waals surface area contributed by atoms with Gasteiger partial charge in [0.1, 0.15) is 0 Å². The van der Waals surface area contributed by atoms with Crippen LogP contribution >= 0.6 is 0 Å². The molecule has 9 heteroatoms. The van der Waals surface area contributed by atoms with Crippen molar-refractivity contribution in [3.8, 4) is 0 Å². The number of carbonyl (C=O) groups is 3. The lowest BCUT2D eigenvalue weighted by molar-refractivity contribution is -0.137. The molecule has 0 bridgehead atoms. The summed E-state index contributed by atoms with van der Waals surface area (Å²) >= 11 is 0. The highest BCUT2D eigenvalue weighted by Crippen LogP contribution is 2.30. The molecular weight excluding hydrogens is 387 g/mol. The molecule has 2 N–H and O–H groups in total. The van der Waals surface area contributed by atoms with Gasteiger partial charge in [0.25, 0.3) is 5.91 Å². The Labute approximate surface area is 164 Å². The SMILES string of the molecule is CC(NC(=O)c1cccc(CN2C(=O)CNC2=O)c1)c1cccc(C(F)(F)F)c1. The highest BCUT2D eigenvalue weighted by molar-refractivity contribution is 6.02. The highest BCUT2D eigenvalue weighted by Gasteiger charge is 2.31. The van der Waals surface area contributed by atoms with E-state index in [1.54, 1.807) is 25.1 Å². The molecule has 0 radical (unpaired) electrons. The lowest BCUT2D eigenvalue weighted by Crippen LogP contribution is -2.30. The Morgan fingerprint density at radius 2 is 1.90 bits per heavy atom. The number of halogens is 3. The minimum atomic E-state index is -4.46. The fourth-order valence-electron chi connectivity index (χ4n) is 2.96. The van der Waals surface area contributed by atoms with E-state index in [1.807, 2.05) is 0 Å². The van der Waals surface area contributed by atoms with Crippen LogP contribution in [-0.4, -0.2) is 29.3 Å². The lowest BCUT2D eigenvalue weighted by atomic mass is 10.0. The molecule has 4 amide bonds. The zero-order chi connectivity index (χ0) is 21.2. The molecule has 1 heterocycles. The van der Waals surface area contributed by atoms with Crippen molar-refractivity contribution < 1.29 is 27.6 Å². The van der Waals surface area contributed by atoms with E-state index in [-0.39, 0.29) is 24.6 Å². The molecule has 2 aromatic rings. The third-order valence-electron chi connectivity index (χ3n) is 4.53. The maximum Gasteiger partial charge on any atom is 0.416 e. The standard InChI is InChI=1S/C20H18F3N3O3/c1-12(14-5-3-7-16(9-14)20(21,22)23)25-18(28)15-6-2-4-13(8-15)11-26-17(27)10-24-19(26)29/h2-9,12H,10-11H2,1H3,(H,24,29)(H,25,28). The predicted octanol–water partition coefficient (Wildman–Crippen LogP) is 3.25. The first-order chi connectivity index (χ1) is 13.6. The van der Waals surface area contributed by atoms with Crippen LogP contribution < -0.4 is 10.6 Å². The van der Waals surface area contributed by atoms with Gasteiger partial charge in [-0.1, -0.05) is 24.3 Å². The van der Waals surface area contributed by atoms with Crippen molar-refractivity contribution in [2.75, 3.05) is 6.54 Å². The van der Waals surface area contributed by atoms with Gasteiger partial charge in [-0.05, 0) is 42.3 Å². The van der Waals surface area contributed by atoms with E-state index in [0.29, 0.717) is 11.1 Å². The number of benzene rings is 2. The molecule has 1 unspecified atom stereocenters. The molecule has 6 nitrogen and oxygen atoms in total. The maximum atomic E-state index is 12.9. The largest absolute Gasteiger partial charge is 0.416 e. The van der Waals surface area contributed by atoms with Crippen LogP contribution in [0.4, 0.5) is 18.0 Å². The number of nitrogens with zero attached hydrogens (tertiary/aromatic N) is 1. The molecule has 1 fully saturated rings. The maximum absolute atomic E-state index is 12.9. The monoisotopic (exact) mass is 405 g/mol. The Hall–Kier alpha value is -3.36. The van der Waals surface area contributed by atoms with Crippen LogP contribution in [0, 0.1) is 0 Å². The molecule has 1 atom stereocenters. The molecule has 152 valence electrons. The van der Waals surface area contributed by atoms with Crippen molar-refractivity contribution in [3.05, 3.63) is 70.8 Å². The number of hydrogen-bond acceptors (Lipinski definition) is 3. The summed E-state index contributed by atoms with van der Waals surface area (Å²) in [7, 11) is 0. The Morgan fingerprint density at radius 3 is 2.55 bits per heavy atom. The Balaban J connectivity index is 1.71. The molecule has 1 aliphatic rings. The second-order valence-corrected chi connectivity index (χ2v) is 6.66. The van der Waals surface area contributed by atoms with Crippen LogP contribution in [0.2, 0.25) is 0 Å². The second kappa shape index (κ2) is 7.94. The summed E-state index contributed by atoms with van der Waals surface area (Å²) in [6, 6.07) is 9.98. The predicted molar refractivity (Wildman–Crippen MR) is 97.7 cm³/mol. The molecule has 1 saturated heterocycles. The third-order valence-corrected chi connectivity index (χ3v) is 4.53. The van der Waals surface area contributed by atoms with E-state index >= 15 is 0 Å². The van der Waals surface area contributed by atoms with Gasteiger partial charge < -0.3 is 10.6 Å². The van der Waals surface area contributed by atoms with Crippen LogP contribution in [0.3, 0.4) is 0 Å². The molecular formula is C20H18F3N3O3. The summed E-state index contributed by atoms with van der Waals surface area (Å²) in [5, 5.41) is 5.08.